The smallest absolute Gasteiger partial charge is 0.124 e. The van der Waals surface area contributed by atoms with Crippen LogP contribution in [0.4, 0.5) is 5.69 Å². The van der Waals surface area contributed by atoms with Gasteiger partial charge < -0.3 is 15.5 Å². The number of anilines is 1. The monoisotopic (exact) mass is 385 g/mol. The van der Waals surface area contributed by atoms with E-state index in [1.165, 1.54) is 0 Å². The highest BCUT2D eigenvalue weighted by atomic mass is 79.9. The Hall–Kier alpha value is -1.20. The molecule has 0 spiro atoms. The first kappa shape index (κ1) is 14.2. The van der Waals surface area contributed by atoms with Crippen molar-refractivity contribution >= 4 is 37.5 Å². The average molecular weight is 387 g/mol. The van der Waals surface area contributed by atoms with Gasteiger partial charge in [0, 0.05) is 8.95 Å². The van der Waals surface area contributed by atoms with Crippen LogP contribution in [0.3, 0.4) is 0 Å². The van der Waals surface area contributed by atoms with Crippen molar-refractivity contribution in [1.29, 1.82) is 0 Å². The molecule has 1 atom stereocenters. The minimum atomic E-state index is -0.230. The summed E-state index contributed by atoms with van der Waals surface area (Å²) in [7, 11) is 0. The maximum atomic E-state index is 9.84. The fourth-order valence-corrected chi connectivity index (χ4v) is 2.62. The molecule has 19 heavy (non-hydrogen) atoms. The van der Waals surface area contributed by atoms with Gasteiger partial charge in [-0.15, -0.1) is 0 Å². The lowest BCUT2D eigenvalue weighted by Gasteiger charge is -2.19. The van der Waals surface area contributed by atoms with Crippen LogP contribution >= 0.6 is 31.9 Å². The topological polar surface area (TPSA) is 52.5 Å². The minimum Gasteiger partial charge on any atom is -0.507 e. The maximum absolute atomic E-state index is 9.84. The van der Waals surface area contributed by atoms with Crippen molar-refractivity contribution in [2.45, 2.75) is 13.0 Å². The molecule has 0 heterocycles. The number of phenolic OH excluding ortho intramolecular Hbond substituents is 2. The molecule has 5 heteroatoms. The van der Waals surface area contributed by atoms with Crippen molar-refractivity contribution in [1.82, 2.24) is 0 Å². The molecule has 2 aromatic rings. The van der Waals surface area contributed by atoms with Crippen molar-refractivity contribution < 1.29 is 10.2 Å². The Morgan fingerprint density at radius 2 is 1.68 bits per heavy atom. The summed E-state index contributed by atoms with van der Waals surface area (Å²) >= 11 is 6.87. The number of hydrogen-bond acceptors (Lipinski definition) is 3. The third kappa shape index (κ3) is 3.22. The summed E-state index contributed by atoms with van der Waals surface area (Å²) in [6.45, 7) is 1.88. The number of hydrogen-bond donors (Lipinski definition) is 3. The molecule has 0 amide bonds. The van der Waals surface area contributed by atoms with Gasteiger partial charge in [-0.05, 0) is 53.2 Å². The van der Waals surface area contributed by atoms with E-state index in [1.54, 1.807) is 18.2 Å². The molecule has 0 saturated carbocycles. The zero-order chi connectivity index (χ0) is 14.0. The van der Waals surface area contributed by atoms with Gasteiger partial charge in [-0.2, -0.15) is 0 Å². The Kier molecular flexibility index (Phi) is 4.37. The van der Waals surface area contributed by atoms with E-state index in [-0.39, 0.29) is 17.5 Å². The normalized spacial score (nSPS) is 12.2. The molecular formula is C14H13Br2NO2. The highest BCUT2D eigenvalue weighted by Crippen LogP contribution is 2.36. The van der Waals surface area contributed by atoms with E-state index in [0.29, 0.717) is 5.56 Å². The molecule has 0 aliphatic heterocycles. The van der Waals surface area contributed by atoms with Crippen molar-refractivity contribution in [3.05, 3.63) is 50.9 Å². The van der Waals surface area contributed by atoms with Gasteiger partial charge in [0.25, 0.3) is 0 Å². The summed E-state index contributed by atoms with van der Waals surface area (Å²) in [5.41, 5.74) is 1.36. The van der Waals surface area contributed by atoms with Crippen LogP contribution in [-0.2, 0) is 0 Å². The van der Waals surface area contributed by atoms with Crippen LogP contribution in [0.5, 0.6) is 11.5 Å². The van der Waals surface area contributed by atoms with Gasteiger partial charge in [0.1, 0.15) is 11.5 Å². The van der Waals surface area contributed by atoms with E-state index < -0.39 is 0 Å². The van der Waals surface area contributed by atoms with Gasteiger partial charge in [0.15, 0.2) is 0 Å². The number of phenols is 2. The SMILES string of the molecule is CC(Nc1cc(Br)ccc1Br)c1c(O)cccc1O. The van der Waals surface area contributed by atoms with Gasteiger partial charge in [-0.1, -0.05) is 22.0 Å². The molecule has 2 rings (SSSR count). The molecule has 3 nitrogen and oxygen atoms in total. The Labute approximate surface area is 128 Å². The molecule has 3 N–H and O–H groups in total. The Bertz CT molecular complexity index is 582. The van der Waals surface area contributed by atoms with Crippen molar-refractivity contribution in [3.63, 3.8) is 0 Å². The van der Waals surface area contributed by atoms with E-state index in [0.717, 1.165) is 14.6 Å². The zero-order valence-electron chi connectivity index (χ0n) is 10.2. The van der Waals surface area contributed by atoms with Crippen molar-refractivity contribution in [3.8, 4) is 11.5 Å². The molecule has 0 radical (unpaired) electrons. The fraction of sp³-hybridized carbons (Fsp3) is 0.143. The minimum absolute atomic E-state index is 0.0751. The van der Waals surface area contributed by atoms with Crippen LogP contribution in [0.2, 0.25) is 0 Å². The molecule has 0 bridgehead atoms. The molecule has 0 saturated heterocycles. The summed E-state index contributed by atoms with van der Waals surface area (Å²) in [5.74, 6) is 0.150. The predicted molar refractivity (Wildman–Crippen MR) is 83.7 cm³/mol. The van der Waals surface area contributed by atoms with E-state index >= 15 is 0 Å². The third-order valence-corrected chi connectivity index (χ3v) is 3.98. The maximum Gasteiger partial charge on any atom is 0.124 e. The number of aromatic hydroxyl groups is 2. The molecule has 1 unspecified atom stereocenters. The van der Waals surface area contributed by atoms with E-state index in [1.807, 2.05) is 25.1 Å². The Balaban J connectivity index is 2.31. The first-order chi connectivity index (χ1) is 8.99. The number of rotatable bonds is 3. The number of benzene rings is 2. The highest BCUT2D eigenvalue weighted by Gasteiger charge is 2.15. The van der Waals surface area contributed by atoms with Crippen LogP contribution in [0.1, 0.15) is 18.5 Å². The first-order valence-corrected chi connectivity index (χ1v) is 7.30. The second-order valence-corrected chi connectivity index (χ2v) is 5.97. The average Bonchev–Trinajstić information content (AvgIpc) is 2.33. The summed E-state index contributed by atoms with van der Waals surface area (Å²) in [4.78, 5) is 0. The van der Waals surface area contributed by atoms with E-state index in [9.17, 15) is 10.2 Å². The van der Waals surface area contributed by atoms with E-state index in [2.05, 4.69) is 37.2 Å². The highest BCUT2D eigenvalue weighted by molar-refractivity contribution is 9.11. The lowest BCUT2D eigenvalue weighted by Crippen LogP contribution is -2.07. The van der Waals surface area contributed by atoms with E-state index in [4.69, 9.17) is 0 Å². The zero-order valence-corrected chi connectivity index (χ0v) is 13.4. The van der Waals surface area contributed by atoms with Crippen LogP contribution in [0.15, 0.2) is 45.3 Å². The van der Waals surface area contributed by atoms with Crippen molar-refractivity contribution in [2.75, 3.05) is 5.32 Å². The summed E-state index contributed by atoms with van der Waals surface area (Å²) < 4.78 is 1.87. The van der Waals surface area contributed by atoms with Crippen LogP contribution < -0.4 is 5.32 Å². The molecule has 0 aliphatic rings. The second kappa shape index (κ2) is 5.84. The fourth-order valence-electron chi connectivity index (χ4n) is 1.90. The summed E-state index contributed by atoms with van der Waals surface area (Å²) in [6, 6.07) is 10.3. The predicted octanol–water partition coefficient (Wildman–Crippen LogP) is 4.80. The molecule has 0 aliphatic carbocycles. The molecule has 0 aromatic heterocycles. The van der Waals surface area contributed by atoms with Crippen LogP contribution in [0.25, 0.3) is 0 Å². The number of halogens is 2. The second-order valence-electron chi connectivity index (χ2n) is 4.20. The largest absolute Gasteiger partial charge is 0.507 e. The van der Waals surface area contributed by atoms with Crippen LogP contribution in [0, 0.1) is 0 Å². The van der Waals surface area contributed by atoms with Gasteiger partial charge in [0.2, 0.25) is 0 Å². The Morgan fingerprint density at radius 1 is 1.05 bits per heavy atom. The van der Waals surface area contributed by atoms with Crippen LogP contribution in [-0.4, -0.2) is 10.2 Å². The molecule has 100 valence electrons. The molecule has 0 fully saturated rings. The quantitative estimate of drug-likeness (QED) is 0.710. The molecule has 2 aromatic carbocycles. The van der Waals surface area contributed by atoms with Gasteiger partial charge in [0.05, 0.1) is 17.3 Å². The first-order valence-electron chi connectivity index (χ1n) is 5.71. The lowest BCUT2D eigenvalue weighted by molar-refractivity contribution is 0.434. The Morgan fingerprint density at radius 3 is 2.32 bits per heavy atom. The lowest BCUT2D eigenvalue weighted by atomic mass is 10.1. The van der Waals surface area contributed by atoms with Gasteiger partial charge in [-0.3, -0.25) is 0 Å². The van der Waals surface area contributed by atoms with Gasteiger partial charge >= 0.3 is 0 Å². The molecular weight excluding hydrogens is 374 g/mol. The third-order valence-electron chi connectivity index (χ3n) is 2.79. The summed E-state index contributed by atoms with van der Waals surface area (Å²) in [5, 5.41) is 22.9. The summed E-state index contributed by atoms with van der Waals surface area (Å²) in [6.07, 6.45) is 0. The van der Waals surface area contributed by atoms with Gasteiger partial charge in [-0.25, -0.2) is 0 Å². The van der Waals surface area contributed by atoms with Crippen molar-refractivity contribution in [2.24, 2.45) is 0 Å². The standard InChI is InChI=1S/C14H13Br2NO2/c1-8(14-12(18)3-2-4-13(14)19)17-11-7-9(15)5-6-10(11)16/h2-8,17-19H,1H3. The number of nitrogens with one attached hydrogen (secondary N) is 1.